The Hall–Kier alpha value is -2.02. The maximum Gasteiger partial charge on any atom is 0.573 e. The van der Waals surface area contributed by atoms with Crippen molar-refractivity contribution < 1.29 is 22.7 Å². The van der Waals surface area contributed by atoms with Crippen LogP contribution in [0.2, 0.25) is 0 Å². The summed E-state index contributed by atoms with van der Waals surface area (Å²) in [6.07, 6.45) is -4.80. The average molecular weight is 360 g/mol. The summed E-state index contributed by atoms with van der Waals surface area (Å²) in [7, 11) is 0. The van der Waals surface area contributed by atoms with Crippen LogP contribution in [-0.4, -0.2) is 12.3 Å². The number of hydrogen-bond acceptors (Lipinski definition) is 2. The van der Waals surface area contributed by atoms with Crippen LogP contribution in [0.4, 0.5) is 18.9 Å². The molecule has 0 aliphatic rings. The van der Waals surface area contributed by atoms with Crippen molar-refractivity contribution in [3.05, 3.63) is 58.6 Å². The third-order valence-electron chi connectivity index (χ3n) is 2.45. The number of carbonyl (C=O) groups excluding carboxylic acids is 1. The number of nitrogens with one attached hydrogen (secondary N) is 1. The highest BCUT2D eigenvalue weighted by atomic mass is 79.9. The standard InChI is InChI=1S/C14H9BrF3NO2/c15-11-7-6-10(8-12(11)21-14(16,17)18)19-13(20)9-4-2-1-3-5-9/h1-8H,(H,19,20). The van der Waals surface area contributed by atoms with Crippen molar-refractivity contribution >= 4 is 27.5 Å². The summed E-state index contributed by atoms with van der Waals surface area (Å²) < 4.78 is 40.7. The van der Waals surface area contributed by atoms with Gasteiger partial charge in [-0.2, -0.15) is 0 Å². The number of amides is 1. The van der Waals surface area contributed by atoms with Gasteiger partial charge in [-0.05, 0) is 40.2 Å². The third kappa shape index (κ3) is 4.49. The number of hydrogen-bond donors (Lipinski definition) is 1. The second-order valence-electron chi connectivity index (χ2n) is 4.01. The van der Waals surface area contributed by atoms with Crippen LogP contribution >= 0.6 is 15.9 Å². The minimum atomic E-state index is -4.80. The molecule has 0 saturated carbocycles. The molecule has 0 aromatic heterocycles. The number of alkyl halides is 3. The summed E-state index contributed by atoms with van der Waals surface area (Å²) >= 11 is 2.96. The van der Waals surface area contributed by atoms with Crippen LogP contribution in [-0.2, 0) is 0 Å². The lowest BCUT2D eigenvalue weighted by molar-refractivity contribution is -0.274. The Morgan fingerprint density at radius 1 is 1.10 bits per heavy atom. The summed E-state index contributed by atoms with van der Waals surface area (Å²) in [6.45, 7) is 0. The minimum Gasteiger partial charge on any atom is -0.405 e. The van der Waals surface area contributed by atoms with Gasteiger partial charge in [0.15, 0.2) is 0 Å². The summed E-state index contributed by atoms with van der Waals surface area (Å²) in [4.78, 5) is 11.9. The molecule has 1 N–H and O–H groups in total. The first-order chi connectivity index (χ1) is 9.85. The fourth-order valence-electron chi connectivity index (χ4n) is 1.58. The van der Waals surface area contributed by atoms with Crippen LogP contribution < -0.4 is 10.1 Å². The predicted octanol–water partition coefficient (Wildman–Crippen LogP) is 4.60. The van der Waals surface area contributed by atoms with Gasteiger partial charge in [-0.25, -0.2) is 0 Å². The predicted molar refractivity (Wildman–Crippen MR) is 75.2 cm³/mol. The molecule has 3 nitrogen and oxygen atoms in total. The molecule has 0 fully saturated rings. The smallest absolute Gasteiger partial charge is 0.405 e. The monoisotopic (exact) mass is 359 g/mol. The Balaban J connectivity index is 2.18. The number of anilines is 1. The van der Waals surface area contributed by atoms with Gasteiger partial charge >= 0.3 is 6.36 Å². The molecule has 0 heterocycles. The molecule has 110 valence electrons. The van der Waals surface area contributed by atoms with Crippen LogP contribution in [0.5, 0.6) is 5.75 Å². The number of benzene rings is 2. The van der Waals surface area contributed by atoms with Gasteiger partial charge in [0.25, 0.3) is 5.91 Å². The summed E-state index contributed by atoms with van der Waals surface area (Å²) in [5.41, 5.74) is 0.602. The summed E-state index contributed by atoms with van der Waals surface area (Å²) in [5.74, 6) is -0.843. The molecule has 2 rings (SSSR count). The van der Waals surface area contributed by atoms with Gasteiger partial charge in [0.2, 0.25) is 0 Å². The molecule has 0 unspecified atom stereocenters. The van der Waals surface area contributed by atoms with Crippen molar-refractivity contribution in [2.75, 3.05) is 5.32 Å². The van der Waals surface area contributed by atoms with E-state index >= 15 is 0 Å². The fraction of sp³-hybridized carbons (Fsp3) is 0.0714. The largest absolute Gasteiger partial charge is 0.573 e. The van der Waals surface area contributed by atoms with E-state index in [9.17, 15) is 18.0 Å². The van der Waals surface area contributed by atoms with E-state index < -0.39 is 18.0 Å². The lowest BCUT2D eigenvalue weighted by Crippen LogP contribution is -2.18. The number of rotatable bonds is 3. The molecule has 0 spiro atoms. The Morgan fingerprint density at radius 3 is 2.38 bits per heavy atom. The van der Waals surface area contributed by atoms with Gasteiger partial charge < -0.3 is 10.1 Å². The van der Waals surface area contributed by atoms with E-state index in [0.29, 0.717) is 5.56 Å². The number of halogens is 4. The highest BCUT2D eigenvalue weighted by Crippen LogP contribution is 2.32. The van der Waals surface area contributed by atoms with Gasteiger partial charge in [0.05, 0.1) is 4.47 Å². The van der Waals surface area contributed by atoms with Gasteiger partial charge in [0.1, 0.15) is 5.75 Å². The van der Waals surface area contributed by atoms with E-state index in [-0.39, 0.29) is 10.2 Å². The molecule has 0 aliphatic carbocycles. The minimum absolute atomic E-state index is 0.137. The van der Waals surface area contributed by atoms with Gasteiger partial charge in [-0.15, -0.1) is 13.2 Å². The van der Waals surface area contributed by atoms with Crippen LogP contribution in [0.3, 0.4) is 0 Å². The molecule has 0 aliphatic heterocycles. The van der Waals surface area contributed by atoms with Gasteiger partial charge in [-0.3, -0.25) is 4.79 Å². The Bertz CT molecular complexity index is 644. The van der Waals surface area contributed by atoms with Crippen molar-refractivity contribution in [1.82, 2.24) is 0 Å². The van der Waals surface area contributed by atoms with E-state index in [1.165, 1.54) is 12.1 Å². The first kappa shape index (κ1) is 15.4. The zero-order valence-corrected chi connectivity index (χ0v) is 12.0. The van der Waals surface area contributed by atoms with Crippen molar-refractivity contribution in [1.29, 1.82) is 0 Å². The first-order valence-corrected chi connectivity index (χ1v) is 6.56. The highest BCUT2D eigenvalue weighted by molar-refractivity contribution is 9.10. The van der Waals surface area contributed by atoms with Gasteiger partial charge in [0, 0.05) is 17.3 Å². The van der Waals surface area contributed by atoms with E-state index in [0.717, 1.165) is 6.07 Å². The van der Waals surface area contributed by atoms with E-state index in [2.05, 4.69) is 26.0 Å². The van der Waals surface area contributed by atoms with Crippen LogP contribution in [0.1, 0.15) is 10.4 Å². The summed E-state index contributed by atoms with van der Waals surface area (Å²) in [5, 5.41) is 2.50. The second-order valence-corrected chi connectivity index (χ2v) is 4.87. The fourth-order valence-corrected chi connectivity index (χ4v) is 1.90. The van der Waals surface area contributed by atoms with Crippen LogP contribution in [0.15, 0.2) is 53.0 Å². The van der Waals surface area contributed by atoms with E-state index in [1.807, 2.05) is 0 Å². The first-order valence-electron chi connectivity index (χ1n) is 5.77. The SMILES string of the molecule is O=C(Nc1ccc(Br)c(OC(F)(F)F)c1)c1ccccc1. The maximum atomic E-state index is 12.3. The maximum absolute atomic E-state index is 12.3. The Labute approximate surface area is 126 Å². The van der Waals surface area contributed by atoms with Crippen LogP contribution in [0, 0.1) is 0 Å². The molecule has 2 aromatic carbocycles. The van der Waals surface area contributed by atoms with Crippen molar-refractivity contribution in [3.8, 4) is 5.75 Å². The summed E-state index contributed by atoms with van der Waals surface area (Å²) in [6, 6.07) is 12.3. The molecular formula is C14H9BrF3NO2. The topological polar surface area (TPSA) is 38.3 Å². The molecular weight excluding hydrogens is 351 g/mol. The lowest BCUT2D eigenvalue weighted by atomic mass is 10.2. The van der Waals surface area contributed by atoms with Gasteiger partial charge in [-0.1, -0.05) is 18.2 Å². The molecule has 21 heavy (non-hydrogen) atoms. The number of ether oxygens (including phenoxy) is 1. The van der Waals surface area contributed by atoms with E-state index in [1.54, 1.807) is 30.3 Å². The number of carbonyl (C=O) groups is 1. The highest BCUT2D eigenvalue weighted by Gasteiger charge is 2.32. The molecule has 0 radical (unpaired) electrons. The molecule has 0 saturated heterocycles. The molecule has 2 aromatic rings. The van der Waals surface area contributed by atoms with Crippen LogP contribution in [0.25, 0.3) is 0 Å². The van der Waals surface area contributed by atoms with Crippen molar-refractivity contribution in [3.63, 3.8) is 0 Å². The third-order valence-corrected chi connectivity index (χ3v) is 3.11. The zero-order chi connectivity index (χ0) is 15.5. The normalized spacial score (nSPS) is 11.0. The second kappa shape index (κ2) is 6.17. The quantitative estimate of drug-likeness (QED) is 0.869. The van der Waals surface area contributed by atoms with Crippen molar-refractivity contribution in [2.45, 2.75) is 6.36 Å². The molecule has 0 atom stereocenters. The molecule has 1 amide bonds. The van der Waals surface area contributed by atoms with Crippen molar-refractivity contribution in [2.24, 2.45) is 0 Å². The average Bonchev–Trinajstić information content (AvgIpc) is 2.42. The molecule has 7 heteroatoms. The zero-order valence-electron chi connectivity index (χ0n) is 10.4. The molecule has 0 bridgehead atoms. The Morgan fingerprint density at radius 2 is 1.76 bits per heavy atom. The van der Waals surface area contributed by atoms with E-state index in [4.69, 9.17) is 0 Å². The Kier molecular flexibility index (Phi) is 4.52. The lowest BCUT2D eigenvalue weighted by Gasteiger charge is -2.12.